The van der Waals surface area contributed by atoms with Crippen LogP contribution >= 0.6 is 11.8 Å². The van der Waals surface area contributed by atoms with Crippen LogP contribution in [-0.4, -0.2) is 37.8 Å². The first-order valence-electron chi connectivity index (χ1n) is 4.63. The third kappa shape index (κ3) is 2.59. The number of hydrogen-bond acceptors (Lipinski definition) is 7. The van der Waals surface area contributed by atoms with Crippen molar-refractivity contribution in [3.63, 3.8) is 0 Å². The molecular formula is C9H9N5O2S. The molecule has 0 aliphatic rings. The van der Waals surface area contributed by atoms with Gasteiger partial charge in [0, 0.05) is 7.05 Å². The zero-order valence-corrected chi connectivity index (χ0v) is 10.0. The van der Waals surface area contributed by atoms with Crippen LogP contribution in [0, 0.1) is 0 Å². The summed E-state index contributed by atoms with van der Waals surface area (Å²) in [4.78, 5) is 19.2. The number of hydrogen-bond donors (Lipinski definition) is 0. The summed E-state index contributed by atoms with van der Waals surface area (Å²) in [6.45, 7) is 0. The fourth-order valence-electron chi connectivity index (χ4n) is 1.04. The highest BCUT2D eigenvalue weighted by atomic mass is 32.2. The van der Waals surface area contributed by atoms with Crippen LogP contribution in [0.2, 0.25) is 0 Å². The van der Waals surface area contributed by atoms with Gasteiger partial charge in [-0.3, -0.25) is 0 Å². The standard InChI is InChI=1S/C9H9N5O2S/c1-14-5-12-13-9(14)17-7-4-10-6(3-11-7)8(15)16-2/h3-5H,1-2H3. The zero-order valence-electron chi connectivity index (χ0n) is 9.19. The molecule has 0 radical (unpaired) electrons. The van der Waals surface area contributed by atoms with Crippen molar-refractivity contribution in [1.82, 2.24) is 24.7 Å². The minimum atomic E-state index is -0.507. The fourth-order valence-corrected chi connectivity index (χ4v) is 1.71. The van der Waals surface area contributed by atoms with Gasteiger partial charge in [0.15, 0.2) is 10.9 Å². The Kier molecular flexibility index (Phi) is 3.33. The first kappa shape index (κ1) is 11.5. The lowest BCUT2D eigenvalue weighted by Gasteiger charge is -2.00. The van der Waals surface area contributed by atoms with Gasteiger partial charge in [-0.1, -0.05) is 0 Å². The molecule has 2 heterocycles. The Morgan fingerprint density at radius 3 is 2.76 bits per heavy atom. The second-order valence-electron chi connectivity index (χ2n) is 3.06. The summed E-state index contributed by atoms with van der Waals surface area (Å²) in [5.74, 6) is -0.507. The SMILES string of the molecule is COC(=O)c1cnc(Sc2nncn2C)cn1. The van der Waals surface area contributed by atoms with E-state index in [1.54, 1.807) is 10.9 Å². The van der Waals surface area contributed by atoms with Crippen molar-refractivity contribution in [3.8, 4) is 0 Å². The van der Waals surface area contributed by atoms with Gasteiger partial charge in [0.1, 0.15) is 11.4 Å². The topological polar surface area (TPSA) is 82.8 Å². The van der Waals surface area contributed by atoms with Crippen LogP contribution in [0.1, 0.15) is 10.5 Å². The third-order valence-corrected chi connectivity index (χ3v) is 2.86. The Morgan fingerprint density at radius 2 is 2.24 bits per heavy atom. The lowest BCUT2D eigenvalue weighted by atomic mass is 10.5. The molecule has 0 aliphatic heterocycles. The molecule has 2 rings (SSSR count). The van der Waals surface area contributed by atoms with Gasteiger partial charge in [0.25, 0.3) is 0 Å². The minimum Gasteiger partial charge on any atom is -0.464 e. The number of methoxy groups -OCH3 is 1. The van der Waals surface area contributed by atoms with Crippen LogP contribution in [-0.2, 0) is 11.8 Å². The molecule has 8 heteroatoms. The Hall–Kier alpha value is -1.96. The molecule has 0 bridgehead atoms. The minimum absolute atomic E-state index is 0.176. The molecule has 0 saturated heterocycles. The van der Waals surface area contributed by atoms with Crippen LogP contribution in [0.3, 0.4) is 0 Å². The second kappa shape index (κ2) is 4.91. The number of carbonyl (C=O) groups is 1. The molecule has 0 aliphatic carbocycles. The average molecular weight is 251 g/mol. The lowest BCUT2D eigenvalue weighted by molar-refractivity contribution is 0.0593. The lowest BCUT2D eigenvalue weighted by Crippen LogP contribution is -2.04. The van der Waals surface area contributed by atoms with Crippen molar-refractivity contribution >= 4 is 17.7 Å². The Bertz CT molecular complexity index is 524. The molecule has 88 valence electrons. The number of rotatable bonds is 3. The van der Waals surface area contributed by atoms with Gasteiger partial charge in [0.2, 0.25) is 0 Å². The Balaban J connectivity index is 2.14. The summed E-state index contributed by atoms with van der Waals surface area (Å²) in [5, 5.41) is 8.98. The maximum Gasteiger partial charge on any atom is 0.358 e. The maximum absolute atomic E-state index is 11.1. The van der Waals surface area contributed by atoms with Gasteiger partial charge in [-0.2, -0.15) is 0 Å². The predicted molar refractivity (Wildman–Crippen MR) is 58.5 cm³/mol. The fraction of sp³-hybridized carbons (Fsp3) is 0.222. The van der Waals surface area contributed by atoms with E-state index in [2.05, 4.69) is 24.9 Å². The molecule has 2 aromatic rings. The first-order chi connectivity index (χ1) is 8.20. The molecular weight excluding hydrogens is 242 g/mol. The van der Waals surface area contributed by atoms with Crippen LogP contribution in [0.4, 0.5) is 0 Å². The number of carbonyl (C=O) groups excluding carboxylic acids is 1. The normalized spacial score (nSPS) is 10.2. The van der Waals surface area contributed by atoms with E-state index in [1.807, 2.05) is 7.05 Å². The molecule has 0 unspecified atom stereocenters. The van der Waals surface area contributed by atoms with Crippen molar-refractivity contribution in [1.29, 1.82) is 0 Å². The number of aromatic nitrogens is 5. The summed E-state index contributed by atoms with van der Waals surface area (Å²) in [6.07, 6.45) is 4.45. The molecule has 0 atom stereocenters. The van der Waals surface area contributed by atoms with Crippen LogP contribution < -0.4 is 0 Å². The molecule has 2 aromatic heterocycles. The largest absolute Gasteiger partial charge is 0.464 e. The van der Waals surface area contributed by atoms with Crippen LogP contribution in [0.5, 0.6) is 0 Å². The predicted octanol–water partition coefficient (Wildman–Crippen LogP) is 0.543. The summed E-state index contributed by atoms with van der Waals surface area (Å²) >= 11 is 1.31. The van der Waals surface area contributed by atoms with Crippen molar-refractivity contribution in [2.45, 2.75) is 10.2 Å². The monoisotopic (exact) mass is 251 g/mol. The summed E-state index contributed by atoms with van der Waals surface area (Å²) < 4.78 is 6.29. The van der Waals surface area contributed by atoms with Crippen LogP contribution in [0.15, 0.2) is 28.9 Å². The van der Waals surface area contributed by atoms with Gasteiger partial charge in [-0.05, 0) is 11.8 Å². The number of esters is 1. The van der Waals surface area contributed by atoms with Gasteiger partial charge in [-0.15, -0.1) is 10.2 Å². The van der Waals surface area contributed by atoms with E-state index in [-0.39, 0.29) is 5.69 Å². The van der Waals surface area contributed by atoms with E-state index in [0.717, 1.165) is 0 Å². The smallest absolute Gasteiger partial charge is 0.358 e. The maximum atomic E-state index is 11.1. The van der Waals surface area contributed by atoms with Gasteiger partial charge in [0.05, 0.1) is 19.5 Å². The quantitative estimate of drug-likeness (QED) is 0.736. The summed E-state index contributed by atoms with van der Waals surface area (Å²) in [6, 6.07) is 0. The van der Waals surface area contributed by atoms with E-state index < -0.39 is 5.97 Å². The van der Waals surface area contributed by atoms with Crippen molar-refractivity contribution in [2.24, 2.45) is 7.05 Å². The van der Waals surface area contributed by atoms with Gasteiger partial charge >= 0.3 is 5.97 Å². The molecule has 0 spiro atoms. The van der Waals surface area contributed by atoms with Crippen molar-refractivity contribution in [2.75, 3.05) is 7.11 Å². The van der Waals surface area contributed by atoms with E-state index in [4.69, 9.17) is 0 Å². The van der Waals surface area contributed by atoms with E-state index in [9.17, 15) is 4.79 Å². The van der Waals surface area contributed by atoms with E-state index in [0.29, 0.717) is 10.2 Å². The second-order valence-corrected chi connectivity index (χ2v) is 4.05. The zero-order chi connectivity index (χ0) is 12.3. The van der Waals surface area contributed by atoms with Crippen LogP contribution in [0.25, 0.3) is 0 Å². The van der Waals surface area contributed by atoms with Crippen molar-refractivity contribution in [3.05, 3.63) is 24.4 Å². The highest BCUT2D eigenvalue weighted by Gasteiger charge is 2.09. The molecule has 0 aromatic carbocycles. The van der Waals surface area contributed by atoms with Gasteiger partial charge < -0.3 is 9.30 Å². The Labute approximate surface area is 101 Å². The molecule has 7 nitrogen and oxygen atoms in total. The Morgan fingerprint density at radius 1 is 1.41 bits per heavy atom. The molecule has 0 N–H and O–H groups in total. The summed E-state index contributed by atoms with van der Waals surface area (Å²) in [5.41, 5.74) is 0.176. The molecule has 17 heavy (non-hydrogen) atoms. The molecule has 0 fully saturated rings. The number of aryl methyl sites for hydroxylation is 1. The average Bonchev–Trinajstić information content (AvgIpc) is 2.75. The van der Waals surface area contributed by atoms with E-state index >= 15 is 0 Å². The van der Waals surface area contributed by atoms with Crippen molar-refractivity contribution < 1.29 is 9.53 Å². The van der Waals surface area contributed by atoms with E-state index in [1.165, 1.54) is 31.3 Å². The molecule has 0 amide bonds. The highest BCUT2D eigenvalue weighted by molar-refractivity contribution is 7.99. The molecule has 0 saturated carbocycles. The number of nitrogens with zero attached hydrogens (tertiary/aromatic N) is 5. The first-order valence-corrected chi connectivity index (χ1v) is 5.44. The number of ether oxygens (including phenoxy) is 1. The summed E-state index contributed by atoms with van der Waals surface area (Å²) in [7, 11) is 3.13. The highest BCUT2D eigenvalue weighted by Crippen LogP contribution is 2.22. The third-order valence-electron chi connectivity index (χ3n) is 1.89. The van der Waals surface area contributed by atoms with Gasteiger partial charge in [-0.25, -0.2) is 14.8 Å².